The standard InChI is InChI=1S/C21H17OPS2/c22-23(15-7-2-1-3-8-15)20(18-11-5-13-24-18)16-9-4-10-17(16)21(23)19-12-6-14-25-19/h1-3,5-8,11-14H,4,9-10H2. The van der Waals surface area contributed by atoms with Gasteiger partial charge in [-0.25, -0.2) is 0 Å². The van der Waals surface area contributed by atoms with Gasteiger partial charge in [0.05, 0.1) is 0 Å². The molecule has 0 radical (unpaired) electrons. The van der Waals surface area contributed by atoms with Crippen molar-refractivity contribution in [2.24, 2.45) is 0 Å². The molecule has 2 aliphatic rings. The number of hydrogen-bond donors (Lipinski definition) is 0. The van der Waals surface area contributed by atoms with Crippen LogP contribution in [0.3, 0.4) is 0 Å². The molecule has 1 fully saturated rings. The number of thiophene rings is 2. The SMILES string of the molecule is O=P1(c2ccccc2)C(c2cccs2)=C2CCCC2=C1c1cccs1. The Bertz CT molecular complexity index is 963. The maximum Gasteiger partial charge on any atom is 0.174 e. The van der Waals surface area contributed by atoms with E-state index in [0.717, 1.165) is 28.8 Å². The molecule has 0 bridgehead atoms. The molecule has 1 saturated carbocycles. The van der Waals surface area contributed by atoms with Gasteiger partial charge in [-0.1, -0.05) is 42.5 Å². The van der Waals surface area contributed by atoms with Crippen molar-refractivity contribution in [3.05, 3.63) is 86.3 Å². The van der Waals surface area contributed by atoms with Gasteiger partial charge in [0.25, 0.3) is 0 Å². The smallest absolute Gasteiger partial charge is 0.174 e. The quantitative estimate of drug-likeness (QED) is 0.456. The highest BCUT2D eigenvalue weighted by Crippen LogP contribution is 2.76. The van der Waals surface area contributed by atoms with Gasteiger partial charge in [0.2, 0.25) is 0 Å². The van der Waals surface area contributed by atoms with Gasteiger partial charge in [-0.3, -0.25) is 0 Å². The Balaban J connectivity index is 1.86. The second kappa shape index (κ2) is 5.95. The molecule has 124 valence electrons. The van der Waals surface area contributed by atoms with E-state index in [2.05, 4.69) is 35.0 Å². The number of hydrogen-bond acceptors (Lipinski definition) is 3. The average molecular weight is 380 g/mol. The molecule has 5 rings (SSSR count). The van der Waals surface area contributed by atoms with Crippen LogP contribution in [0.25, 0.3) is 10.6 Å². The maximum atomic E-state index is 14.8. The molecule has 1 nitrogen and oxygen atoms in total. The predicted octanol–water partition coefficient (Wildman–Crippen LogP) is 6.82. The topological polar surface area (TPSA) is 17.1 Å². The van der Waals surface area contributed by atoms with Crippen LogP contribution in [-0.4, -0.2) is 0 Å². The van der Waals surface area contributed by atoms with Crippen LogP contribution in [0, 0.1) is 0 Å². The molecule has 0 N–H and O–H groups in total. The lowest BCUT2D eigenvalue weighted by molar-refractivity contribution is 0.593. The van der Waals surface area contributed by atoms with Crippen molar-refractivity contribution < 1.29 is 4.57 Å². The summed E-state index contributed by atoms with van der Waals surface area (Å²) in [5.74, 6) is 0. The highest BCUT2D eigenvalue weighted by atomic mass is 32.1. The molecule has 0 saturated heterocycles. The molecule has 1 aliphatic carbocycles. The van der Waals surface area contributed by atoms with Gasteiger partial charge in [0, 0.05) is 25.7 Å². The lowest BCUT2D eigenvalue weighted by atomic mass is 10.1. The zero-order valence-electron chi connectivity index (χ0n) is 13.6. The average Bonchev–Trinajstić information content (AvgIpc) is 3.41. The van der Waals surface area contributed by atoms with Crippen LogP contribution in [0.2, 0.25) is 0 Å². The van der Waals surface area contributed by atoms with Crippen LogP contribution in [0.4, 0.5) is 0 Å². The van der Waals surface area contributed by atoms with E-state index in [4.69, 9.17) is 0 Å². The van der Waals surface area contributed by atoms with Gasteiger partial charge in [0.1, 0.15) is 0 Å². The van der Waals surface area contributed by atoms with Crippen LogP contribution in [-0.2, 0) is 4.57 Å². The molecule has 0 amide bonds. The van der Waals surface area contributed by atoms with Gasteiger partial charge >= 0.3 is 0 Å². The van der Waals surface area contributed by atoms with E-state index in [0.29, 0.717) is 0 Å². The van der Waals surface area contributed by atoms with E-state index in [1.54, 1.807) is 22.7 Å². The number of fused-ring (bicyclic) bond motifs is 1. The number of rotatable bonds is 3. The largest absolute Gasteiger partial charge is 0.309 e. The third-order valence-electron chi connectivity index (χ3n) is 5.05. The van der Waals surface area contributed by atoms with E-state index in [1.807, 2.05) is 30.3 Å². The minimum Gasteiger partial charge on any atom is -0.309 e. The minimum atomic E-state index is -2.82. The summed E-state index contributed by atoms with van der Waals surface area (Å²) in [6.45, 7) is 0. The third kappa shape index (κ3) is 2.23. The van der Waals surface area contributed by atoms with E-state index in [1.165, 1.54) is 27.3 Å². The van der Waals surface area contributed by atoms with Crippen LogP contribution >= 0.6 is 29.8 Å². The first-order valence-electron chi connectivity index (χ1n) is 8.51. The minimum absolute atomic E-state index is 0.969. The third-order valence-corrected chi connectivity index (χ3v) is 10.4. The summed E-state index contributed by atoms with van der Waals surface area (Å²) in [4.78, 5) is 2.35. The summed E-state index contributed by atoms with van der Waals surface area (Å²) in [6, 6.07) is 18.5. The highest BCUT2D eigenvalue weighted by molar-refractivity contribution is 7.91. The second-order valence-electron chi connectivity index (χ2n) is 6.41. The molecule has 0 atom stereocenters. The Morgan fingerprint density at radius 2 is 1.28 bits per heavy atom. The van der Waals surface area contributed by atoms with Gasteiger partial charge in [-0.2, -0.15) is 0 Å². The van der Waals surface area contributed by atoms with E-state index in [-0.39, 0.29) is 0 Å². The van der Waals surface area contributed by atoms with E-state index in [9.17, 15) is 4.57 Å². The van der Waals surface area contributed by atoms with Crippen LogP contribution in [0.1, 0.15) is 29.0 Å². The molecule has 0 unspecified atom stereocenters. The first kappa shape index (κ1) is 15.6. The van der Waals surface area contributed by atoms with Crippen molar-refractivity contribution in [2.45, 2.75) is 19.3 Å². The maximum absolute atomic E-state index is 14.8. The van der Waals surface area contributed by atoms with Crippen LogP contribution in [0.5, 0.6) is 0 Å². The van der Waals surface area contributed by atoms with E-state index < -0.39 is 7.14 Å². The molecule has 4 heteroatoms. The summed E-state index contributed by atoms with van der Waals surface area (Å²) in [5, 5.41) is 7.39. The summed E-state index contributed by atoms with van der Waals surface area (Å²) in [5.41, 5.74) is 2.72. The summed E-state index contributed by atoms with van der Waals surface area (Å²) in [6.07, 6.45) is 3.27. The molecule has 1 aromatic carbocycles. The van der Waals surface area contributed by atoms with Crippen molar-refractivity contribution in [1.82, 2.24) is 0 Å². The predicted molar refractivity (Wildman–Crippen MR) is 110 cm³/mol. The Morgan fingerprint density at radius 3 is 1.76 bits per heavy atom. The Labute approximate surface area is 155 Å². The molecule has 0 spiro atoms. The summed E-state index contributed by atoms with van der Waals surface area (Å²) >= 11 is 3.42. The van der Waals surface area contributed by atoms with Gasteiger partial charge in [-0.05, 0) is 53.3 Å². The molecule has 3 heterocycles. The molecule has 2 aromatic heterocycles. The van der Waals surface area contributed by atoms with Crippen molar-refractivity contribution >= 4 is 45.7 Å². The highest BCUT2D eigenvalue weighted by Gasteiger charge is 2.46. The molecular formula is C21H17OPS2. The fourth-order valence-electron chi connectivity index (χ4n) is 4.09. The van der Waals surface area contributed by atoms with Gasteiger partial charge < -0.3 is 4.57 Å². The van der Waals surface area contributed by atoms with Gasteiger partial charge in [-0.15, -0.1) is 22.7 Å². The van der Waals surface area contributed by atoms with Crippen molar-refractivity contribution in [1.29, 1.82) is 0 Å². The lowest BCUT2D eigenvalue weighted by Gasteiger charge is -2.21. The van der Waals surface area contributed by atoms with Crippen molar-refractivity contribution in [2.75, 3.05) is 0 Å². The second-order valence-corrected chi connectivity index (χ2v) is 10.9. The zero-order valence-corrected chi connectivity index (χ0v) is 16.2. The molecule has 25 heavy (non-hydrogen) atoms. The first-order chi connectivity index (χ1) is 12.3. The lowest BCUT2D eigenvalue weighted by Crippen LogP contribution is -2.05. The fourth-order valence-corrected chi connectivity index (χ4v) is 9.92. The first-order valence-corrected chi connectivity index (χ1v) is 12.0. The van der Waals surface area contributed by atoms with E-state index >= 15 is 0 Å². The van der Waals surface area contributed by atoms with Crippen molar-refractivity contribution in [3.8, 4) is 0 Å². The Kier molecular flexibility index (Phi) is 3.71. The summed E-state index contributed by atoms with van der Waals surface area (Å²) < 4.78 is 14.8. The summed E-state index contributed by atoms with van der Waals surface area (Å²) in [7, 11) is -2.82. The Hall–Kier alpha value is -1.67. The van der Waals surface area contributed by atoms with Crippen LogP contribution < -0.4 is 5.30 Å². The zero-order chi connectivity index (χ0) is 16.9. The Morgan fingerprint density at radius 1 is 0.720 bits per heavy atom. The monoisotopic (exact) mass is 380 g/mol. The number of benzene rings is 1. The molecule has 3 aromatic rings. The molecule has 1 aliphatic heterocycles. The van der Waals surface area contributed by atoms with Crippen LogP contribution in [0.15, 0.2) is 76.5 Å². The van der Waals surface area contributed by atoms with Gasteiger partial charge in [0.15, 0.2) is 7.14 Å². The number of allylic oxidation sites excluding steroid dienone is 2. The van der Waals surface area contributed by atoms with Crippen molar-refractivity contribution in [3.63, 3.8) is 0 Å². The molecular weight excluding hydrogens is 363 g/mol. The normalized spacial score (nSPS) is 18.9. The fraction of sp³-hybridized carbons (Fsp3) is 0.143.